The van der Waals surface area contributed by atoms with Crippen molar-refractivity contribution in [2.75, 3.05) is 11.9 Å². The quantitative estimate of drug-likeness (QED) is 0.607. The second-order valence-corrected chi connectivity index (χ2v) is 4.66. The Kier molecular flexibility index (Phi) is 4.55. The van der Waals surface area contributed by atoms with E-state index in [1.54, 1.807) is 0 Å². The van der Waals surface area contributed by atoms with Gasteiger partial charge in [-0.3, -0.25) is 5.41 Å². The molecule has 94 valence electrons. The Morgan fingerprint density at radius 2 is 2.12 bits per heavy atom. The number of nitrogens with one attached hydrogen (secondary N) is 1. The highest BCUT2D eigenvalue weighted by molar-refractivity contribution is 5.95. The summed E-state index contributed by atoms with van der Waals surface area (Å²) < 4.78 is 0. The van der Waals surface area contributed by atoms with Crippen molar-refractivity contribution in [2.45, 2.75) is 39.7 Å². The summed E-state index contributed by atoms with van der Waals surface area (Å²) >= 11 is 0. The first-order valence-electron chi connectivity index (χ1n) is 6.15. The monoisotopic (exact) mass is 233 g/mol. The lowest BCUT2D eigenvalue weighted by molar-refractivity contribution is 0.615. The minimum Gasteiger partial charge on any atom is -0.384 e. The van der Waals surface area contributed by atoms with Gasteiger partial charge in [-0.1, -0.05) is 13.3 Å². The largest absolute Gasteiger partial charge is 0.384 e. The first-order valence-corrected chi connectivity index (χ1v) is 6.15. The Balaban J connectivity index is 2.95. The van der Waals surface area contributed by atoms with Crippen molar-refractivity contribution in [3.8, 4) is 0 Å². The van der Waals surface area contributed by atoms with Gasteiger partial charge >= 0.3 is 0 Å². The van der Waals surface area contributed by atoms with Gasteiger partial charge in [-0.2, -0.15) is 0 Å². The summed E-state index contributed by atoms with van der Waals surface area (Å²) in [7, 11) is 2.12. The molecule has 0 radical (unpaired) electrons. The average molecular weight is 233 g/mol. The number of nitrogens with zero attached hydrogens (tertiary/aromatic N) is 1. The third-order valence-electron chi connectivity index (χ3n) is 3.26. The first-order chi connectivity index (χ1) is 7.97. The molecule has 1 unspecified atom stereocenters. The average Bonchev–Trinajstić information content (AvgIpc) is 2.28. The fourth-order valence-corrected chi connectivity index (χ4v) is 2.07. The van der Waals surface area contributed by atoms with Gasteiger partial charge in [-0.05, 0) is 44.0 Å². The highest BCUT2D eigenvalue weighted by Crippen LogP contribution is 2.23. The fraction of sp³-hybridized carbons (Fsp3) is 0.500. The zero-order chi connectivity index (χ0) is 13.0. The number of hydrogen-bond donors (Lipinski definition) is 2. The van der Waals surface area contributed by atoms with Crippen molar-refractivity contribution in [2.24, 2.45) is 5.73 Å². The maximum Gasteiger partial charge on any atom is 0.122 e. The molecule has 0 aliphatic carbocycles. The maximum atomic E-state index is 7.42. The van der Waals surface area contributed by atoms with Crippen LogP contribution >= 0.6 is 0 Å². The number of rotatable bonds is 5. The number of nitrogen functional groups attached to an aromatic ring is 1. The van der Waals surface area contributed by atoms with Crippen LogP contribution in [0.1, 0.15) is 37.8 Å². The predicted molar refractivity (Wildman–Crippen MR) is 75.0 cm³/mol. The van der Waals surface area contributed by atoms with Gasteiger partial charge in [0.15, 0.2) is 0 Å². The number of aryl methyl sites for hydroxylation is 1. The lowest BCUT2D eigenvalue weighted by Gasteiger charge is -2.28. The molecule has 17 heavy (non-hydrogen) atoms. The molecule has 1 aromatic rings. The van der Waals surface area contributed by atoms with Crippen molar-refractivity contribution in [3.63, 3.8) is 0 Å². The van der Waals surface area contributed by atoms with Crippen molar-refractivity contribution in [1.29, 1.82) is 5.41 Å². The molecular weight excluding hydrogens is 210 g/mol. The summed E-state index contributed by atoms with van der Waals surface area (Å²) in [4.78, 5) is 2.29. The van der Waals surface area contributed by atoms with E-state index in [0.29, 0.717) is 6.04 Å². The van der Waals surface area contributed by atoms with Crippen LogP contribution in [0.25, 0.3) is 0 Å². The van der Waals surface area contributed by atoms with E-state index in [1.807, 2.05) is 12.1 Å². The van der Waals surface area contributed by atoms with E-state index in [2.05, 4.69) is 38.8 Å². The first kappa shape index (κ1) is 13.6. The highest BCUT2D eigenvalue weighted by atomic mass is 15.1. The standard InChI is InChI=1S/C14H23N3/c1-5-6-11(3)17(4)13-8-7-12(14(15)16)9-10(13)2/h7-9,11H,5-6H2,1-4H3,(H3,15,16). The normalized spacial score (nSPS) is 12.2. The Labute approximate surface area is 104 Å². The van der Waals surface area contributed by atoms with Crippen LogP contribution < -0.4 is 10.6 Å². The maximum absolute atomic E-state index is 7.42. The van der Waals surface area contributed by atoms with Crippen LogP contribution in [0.2, 0.25) is 0 Å². The predicted octanol–water partition coefficient (Wildman–Crippen LogP) is 2.90. The molecule has 1 atom stereocenters. The molecule has 3 nitrogen and oxygen atoms in total. The summed E-state index contributed by atoms with van der Waals surface area (Å²) in [5.41, 5.74) is 8.67. The Morgan fingerprint density at radius 1 is 1.47 bits per heavy atom. The molecule has 0 aliphatic rings. The second-order valence-electron chi connectivity index (χ2n) is 4.66. The van der Waals surface area contributed by atoms with Crippen LogP contribution in [0.5, 0.6) is 0 Å². The van der Waals surface area contributed by atoms with Gasteiger partial charge in [0.1, 0.15) is 5.84 Å². The van der Waals surface area contributed by atoms with Crippen LogP contribution in [-0.2, 0) is 0 Å². The summed E-state index contributed by atoms with van der Waals surface area (Å²) in [5, 5.41) is 7.42. The topological polar surface area (TPSA) is 53.1 Å². The smallest absolute Gasteiger partial charge is 0.122 e. The van der Waals surface area contributed by atoms with Gasteiger partial charge in [0.2, 0.25) is 0 Å². The lowest BCUT2D eigenvalue weighted by Crippen LogP contribution is -2.29. The van der Waals surface area contributed by atoms with E-state index in [0.717, 1.165) is 5.56 Å². The SMILES string of the molecule is CCCC(C)N(C)c1ccc(C(=N)N)cc1C. The van der Waals surface area contributed by atoms with E-state index in [4.69, 9.17) is 11.1 Å². The molecule has 0 spiro atoms. The van der Waals surface area contributed by atoms with E-state index in [1.165, 1.54) is 24.1 Å². The number of benzene rings is 1. The Hall–Kier alpha value is -1.51. The van der Waals surface area contributed by atoms with Crippen LogP contribution in [-0.4, -0.2) is 18.9 Å². The minimum absolute atomic E-state index is 0.129. The summed E-state index contributed by atoms with van der Waals surface area (Å²) in [6.45, 7) is 6.51. The zero-order valence-electron chi connectivity index (χ0n) is 11.2. The van der Waals surface area contributed by atoms with E-state index < -0.39 is 0 Å². The molecule has 3 N–H and O–H groups in total. The zero-order valence-corrected chi connectivity index (χ0v) is 11.2. The van der Waals surface area contributed by atoms with Crippen molar-refractivity contribution >= 4 is 11.5 Å². The van der Waals surface area contributed by atoms with Crippen molar-refractivity contribution in [3.05, 3.63) is 29.3 Å². The number of anilines is 1. The van der Waals surface area contributed by atoms with Crippen molar-refractivity contribution in [1.82, 2.24) is 0 Å². The second kappa shape index (κ2) is 5.71. The van der Waals surface area contributed by atoms with E-state index in [-0.39, 0.29) is 5.84 Å². The van der Waals surface area contributed by atoms with Gasteiger partial charge in [0.25, 0.3) is 0 Å². The number of amidine groups is 1. The number of hydrogen-bond acceptors (Lipinski definition) is 2. The van der Waals surface area contributed by atoms with Crippen LogP contribution in [0, 0.1) is 12.3 Å². The molecule has 0 bridgehead atoms. The van der Waals surface area contributed by atoms with Gasteiger partial charge in [0, 0.05) is 24.3 Å². The van der Waals surface area contributed by atoms with Gasteiger partial charge in [-0.15, -0.1) is 0 Å². The highest BCUT2D eigenvalue weighted by Gasteiger charge is 2.11. The van der Waals surface area contributed by atoms with Crippen LogP contribution in [0.4, 0.5) is 5.69 Å². The summed E-state index contributed by atoms with van der Waals surface area (Å²) in [6.07, 6.45) is 2.38. The lowest BCUT2D eigenvalue weighted by atomic mass is 10.1. The molecule has 1 aromatic carbocycles. The van der Waals surface area contributed by atoms with E-state index in [9.17, 15) is 0 Å². The third-order valence-corrected chi connectivity index (χ3v) is 3.26. The fourth-order valence-electron chi connectivity index (χ4n) is 2.07. The van der Waals surface area contributed by atoms with E-state index >= 15 is 0 Å². The Morgan fingerprint density at radius 3 is 2.59 bits per heavy atom. The van der Waals surface area contributed by atoms with Gasteiger partial charge in [0.05, 0.1) is 0 Å². The molecule has 0 aliphatic heterocycles. The summed E-state index contributed by atoms with van der Waals surface area (Å²) in [5.74, 6) is 0.129. The molecule has 0 amide bonds. The molecule has 0 aromatic heterocycles. The van der Waals surface area contributed by atoms with Crippen molar-refractivity contribution < 1.29 is 0 Å². The summed E-state index contributed by atoms with van der Waals surface area (Å²) in [6, 6.07) is 6.48. The molecule has 0 saturated heterocycles. The van der Waals surface area contributed by atoms with Gasteiger partial charge in [-0.25, -0.2) is 0 Å². The molecule has 3 heteroatoms. The van der Waals surface area contributed by atoms with Gasteiger partial charge < -0.3 is 10.6 Å². The molecular formula is C14H23N3. The van der Waals surface area contributed by atoms with Crippen LogP contribution in [0.15, 0.2) is 18.2 Å². The van der Waals surface area contributed by atoms with Crippen LogP contribution in [0.3, 0.4) is 0 Å². The molecule has 0 saturated carbocycles. The third kappa shape index (κ3) is 3.22. The molecule has 0 heterocycles. The Bertz CT molecular complexity index is 398. The minimum atomic E-state index is 0.129. The molecule has 0 fully saturated rings. The number of nitrogens with two attached hydrogens (primary N) is 1. The molecule has 1 rings (SSSR count).